The highest BCUT2D eigenvalue weighted by molar-refractivity contribution is 6.03. The molecule has 1 aliphatic heterocycles. The van der Waals surface area contributed by atoms with Crippen molar-refractivity contribution in [3.63, 3.8) is 0 Å². The van der Waals surface area contributed by atoms with Crippen LogP contribution < -0.4 is 19.7 Å². The highest BCUT2D eigenvalue weighted by atomic mass is 16.5. The maximum absolute atomic E-state index is 13.1. The molecule has 0 radical (unpaired) electrons. The molecule has 37 heavy (non-hydrogen) atoms. The topological polar surface area (TPSA) is 125 Å². The minimum Gasteiger partial charge on any atom is -0.489 e. The molecule has 1 aliphatic rings. The summed E-state index contributed by atoms with van der Waals surface area (Å²) < 4.78 is 11.6. The molecule has 1 atom stereocenters. The predicted octanol–water partition coefficient (Wildman–Crippen LogP) is 3.02. The molecule has 0 bridgehead atoms. The molecule has 2 aromatic carbocycles. The molecular weight excluding hydrogens is 472 g/mol. The van der Waals surface area contributed by atoms with Crippen molar-refractivity contribution >= 4 is 17.5 Å². The smallest absolute Gasteiger partial charge is 0.270 e. The van der Waals surface area contributed by atoms with Gasteiger partial charge in [0, 0.05) is 24.9 Å². The van der Waals surface area contributed by atoms with Crippen LogP contribution in [0.4, 0.5) is 5.69 Å². The van der Waals surface area contributed by atoms with E-state index < -0.39 is 17.6 Å². The SMILES string of the molecule is CN1C(=O)C(NC(=O)c2cc(Oc3cccc(C#N)c3)ccn2)COc2cc(C#CC(C)(C)O)ccc21. The number of anilines is 1. The Morgan fingerprint density at radius 3 is 2.73 bits per heavy atom. The van der Waals surface area contributed by atoms with Gasteiger partial charge in [0.2, 0.25) is 0 Å². The van der Waals surface area contributed by atoms with E-state index in [-0.39, 0.29) is 18.2 Å². The second kappa shape index (κ2) is 10.4. The fourth-order valence-corrected chi connectivity index (χ4v) is 3.51. The van der Waals surface area contributed by atoms with Crippen molar-refractivity contribution in [3.05, 3.63) is 77.6 Å². The number of likely N-dealkylation sites (N-methyl/N-ethyl adjacent to an activating group) is 1. The van der Waals surface area contributed by atoms with Gasteiger partial charge >= 0.3 is 0 Å². The van der Waals surface area contributed by atoms with E-state index in [0.717, 1.165) is 0 Å². The van der Waals surface area contributed by atoms with Gasteiger partial charge < -0.3 is 24.8 Å². The molecule has 186 valence electrons. The lowest BCUT2D eigenvalue weighted by Crippen LogP contribution is -2.49. The molecular formula is C28H24N4O5. The number of rotatable bonds is 4. The summed E-state index contributed by atoms with van der Waals surface area (Å²) in [4.78, 5) is 31.5. The number of carbonyl (C=O) groups excluding carboxylic acids is 2. The molecule has 1 aromatic heterocycles. The standard InChI is InChI=1S/C28H24N4O5/c1-28(2,35)11-9-18-7-8-24-25(14-18)36-17-23(27(34)32(24)3)31-26(33)22-15-21(10-12-30-22)37-20-6-4-5-19(13-20)16-29/h4-8,10,12-15,23,35H,17H2,1-3H3,(H,31,33). The van der Waals surface area contributed by atoms with Crippen LogP contribution in [0.15, 0.2) is 60.8 Å². The summed E-state index contributed by atoms with van der Waals surface area (Å²) in [7, 11) is 1.60. The number of fused-ring (bicyclic) bond motifs is 1. The average molecular weight is 497 g/mol. The van der Waals surface area contributed by atoms with Crippen molar-refractivity contribution in [2.75, 3.05) is 18.6 Å². The number of pyridine rings is 1. The molecule has 0 aliphatic carbocycles. The van der Waals surface area contributed by atoms with Crippen LogP contribution >= 0.6 is 0 Å². The third-order valence-corrected chi connectivity index (χ3v) is 5.34. The van der Waals surface area contributed by atoms with Crippen LogP contribution in [0, 0.1) is 23.2 Å². The molecule has 4 rings (SSSR count). The Morgan fingerprint density at radius 2 is 1.97 bits per heavy atom. The monoisotopic (exact) mass is 496 g/mol. The normalized spacial score (nSPS) is 14.7. The molecule has 0 fully saturated rings. The summed E-state index contributed by atoms with van der Waals surface area (Å²) in [6.45, 7) is 3.08. The van der Waals surface area contributed by atoms with Gasteiger partial charge in [-0.3, -0.25) is 14.6 Å². The van der Waals surface area contributed by atoms with Crippen LogP contribution in [0.3, 0.4) is 0 Å². The quantitative estimate of drug-likeness (QED) is 0.532. The predicted molar refractivity (Wildman–Crippen MR) is 135 cm³/mol. The van der Waals surface area contributed by atoms with Crippen molar-refractivity contribution in [2.24, 2.45) is 0 Å². The van der Waals surface area contributed by atoms with Crippen molar-refractivity contribution in [3.8, 4) is 35.2 Å². The third kappa shape index (κ3) is 6.23. The fourth-order valence-electron chi connectivity index (χ4n) is 3.51. The van der Waals surface area contributed by atoms with E-state index in [1.807, 2.05) is 6.07 Å². The van der Waals surface area contributed by atoms with Crippen LogP contribution in [0.5, 0.6) is 17.2 Å². The fraction of sp³-hybridized carbons (Fsp3) is 0.214. The molecule has 0 saturated carbocycles. The molecule has 0 spiro atoms. The van der Waals surface area contributed by atoms with E-state index in [1.165, 1.54) is 17.2 Å². The molecule has 2 N–H and O–H groups in total. The zero-order valence-electron chi connectivity index (χ0n) is 20.5. The minimum atomic E-state index is -1.15. The van der Waals surface area contributed by atoms with E-state index in [1.54, 1.807) is 69.4 Å². The number of nitrogens with zero attached hydrogens (tertiary/aromatic N) is 3. The first-order valence-electron chi connectivity index (χ1n) is 11.4. The number of benzene rings is 2. The van der Waals surface area contributed by atoms with Crippen molar-refractivity contribution in [1.29, 1.82) is 5.26 Å². The summed E-state index contributed by atoms with van der Waals surface area (Å²) in [5.41, 5.74) is 0.495. The van der Waals surface area contributed by atoms with Crippen LogP contribution in [0.2, 0.25) is 0 Å². The number of hydrogen-bond donors (Lipinski definition) is 2. The Labute approximate surface area is 214 Å². The Morgan fingerprint density at radius 1 is 1.19 bits per heavy atom. The lowest BCUT2D eigenvalue weighted by atomic mass is 10.1. The highest BCUT2D eigenvalue weighted by Gasteiger charge is 2.31. The molecule has 0 saturated heterocycles. The number of nitriles is 1. The molecule has 3 aromatic rings. The summed E-state index contributed by atoms with van der Waals surface area (Å²) >= 11 is 0. The summed E-state index contributed by atoms with van der Waals surface area (Å²) in [6.07, 6.45) is 1.42. The number of hydrogen-bond acceptors (Lipinski definition) is 7. The maximum atomic E-state index is 13.1. The Bertz CT molecular complexity index is 1460. The van der Waals surface area contributed by atoms with Crippen LogP contribution in [0.1, 0.15) is 35.5 Å². The van der Waals surface area contributed by atoms with Gasteiger partial charge in [0.25, 0.3) is 11.8 Å². The van der Waals surface area contributed by atoms with E-state index in [4.69, 9.17) is 14.7 Å². The lowest BCUT2D eigenvalue weighted by Gasteiger charge is -2.20. The Hall–Kier alpha value is -4.86. The zero-order valence-corrected chi connectivity index (χ0v) is 20.5. The largest absolute Gasteiger partial charge is 0.489 e. The first-order chi connectivity index (χ1) is 17.6. The second-order valence-electron chi connectivity index (χ2n) is 8.84. The number of nitrogens with one attached hydrogen (secondary N) is 1. The average Bonchev–Trinajstić information content (AvgIpc) is 2.99. The van der Waals surface area contributed by atoms with Crippen LogP contribution in [-0.4, -0.2) is 47.2 Å². The lowest BCUT2D eigenvalue weighted by molar-refractivity contribution is -0.120. The highest BCUT2D eigenvalue weighted by Crippen LogP contribution is 2.31. The molecule has 2 heterocycles. The van der Waals surface area contributed by atoms with Gasteiger partial charge in [0.05, 0.1) is 17.3 Å². The minimum absolute atomic E-state index is 0.0512. The number of carbonyl (C=O) groups is 2. The van der Waals surface area contributed by atoms with Crippen LogP contribution in [-0.2, 0) is 4.79 Å². The molecule has 1 unspecified atom stereocenters. The van der Waals surface area contributed by atoms with Gasteiger partial charge in [-0.25, -0.2) is 0 Å². The zero-order chi connectivity index (χ0) is 26.6. The van der Waals surface area contributed by atoms with E-state index in [2.05, 4.69) is 22.1 Å². The maximum Gasteiger partial charge on any atom is 0.270 e. The number of amides is 2. The van der Waals surface area contributed by atoms with Gasteiger partial charge in [-0.05, 0) is 56.3 Å². The number of ether oxygens (including phenoxy) is 2. The number of aromatic nitrogens is 1. The van der Waals surface area contributed by atoms with Gasteiger partial charge in [0.15, 0.2) is 0 Å². The van der Waals surface area contributed by atoms with Crippen molar-refractivity contribution in [2.45, 2.75) is 25.5 Å². The summed E-state index contributed by atoms with van der Waals surface area (Å²) in [5.74, 6) is 5.92. The van der Waals surface area contributed by atoms with Crippen molar-refractivity contribution in [1.82, 2.24) is 10.3 Å². The molecule has 9 nitrogen and oxygen atoms in total. The summed E-state index contributed by atoms with van der Waals surface area (Å²) in [6, 6.07) is 15.8. The Balaban J connectivity index is 1.48. The number of aliphatic hydroxyl groups is 1. The van der Waals surface area contributed by atoms with Gasteiger partial charge in [0.1, 0.15) is 41.2 Å². The van der Waals surface area contributed by atoms with E-state index >= 15 is 0 Å². The van der Waals surface area contributed by atoms with Gasteiger partial charge in [-0.1, -0.05) is 17.9 Å². The van der Waals surface area contributed by atoms with Gasteiger partial charge in [-0.2, -0.15) is 5.26 Å². The van der Waals surface area contributed by atoms with Gasteiger partial charge in [-0.15, -0.1) is 0 Å². The van der Waals surface area contributed by atoms with Crippen LogP contribution in [0.25, 0.3) is 0 Å². The van der Waals surface area contributed by atoms with E-state index in [9.17, 15) is 14.7 Å². The molecule has 9 heteroatoms. The second-order valence-corrected chi connectivity index (χ2v) is 8.84. The Kier molecular flexibility index (Phi) is 7.10. The first-order valence-corrected chi connectivity index (χ1v) is 11.4. The summed E-state index contributed by atoms with van der Waals surface area (Å²) in [5, 5.41) is 21.6. The first kappa shape index (κ1) is 25.2. The van der Waals surface area contributed by atoms with Crippen molar-refractivity contribution < 1.29 is 24.2 Å². The third-order valence-electron chi connectivity index (χ3n) is 5.34. The van der Waals surface area contributed by atoms with E-state index in [0.29, 0.717) is 34.1 Å². The molecule has 2 amide bonds.